The number of rotatable bonds is 6. The Morgan fingerprint density at radius 3 is 1.81 bits per heavy atom. The lowest BCUT2D eigenvalue weighted by atomic mass is 9.85. The molecule has 0 spiro atoms. The molecule has 3 aromatic rings. The average Bonchev–Trinajstić information content (AvgIpc) is 2.70. The number of methoxy groups -OCH3 is 1. The third-order valence-electron chi connectivity index (χ3n) is 4.56. The van der Waals surface area contributed by atoms with Crippen LogP contribution in [0, 0.1) is 6.92 Å². The molecule has 3 nitrogen and oxygen atoms in total. The summed E-state index contributed by atoms with van der Waals surface area (Å²) in [4.78, 5) is 13.3. The van der Waals surface area contributed by atoms with Crippen molar-refractivity contribution >= 4 is 5.91 Å². The Morgan fingerprint density at radius 2 is 1.35 bits per heavy atom. The van der Waals surface area contributed by atoms with E-state index in [9.17, 15) is 4.79 Å². The molecule has 0 unspecified atom stereocenters. The highest BCUT2D eigenvalue weighted by Crippen LogP contribution is 2.33. The first-order chi connectivity index (χ1) is 12.7. The lowest BCUT2D eigenvalue weighted by Crippen LogP contribution is -2.46. The van der Waals surface area contributed by atoms with Gasteiger partial charge in [-0.3, -0.25) is 4.79 Å². The molecular weight excluding hydrogens is 322 g/mol. The molecule has 1 amide bonds. The van der Waals surface area contributed by atoms with Crippen molar-refractivity contribution < 1.29 is 9.53 Å². The largest absolute Gasteiger partial charge is 0.359 e. The molecule has 0 heterocycles. The summed E-state index contributed by atoms with van der Waals surface area (Å²) in [5.41, 5.74) is 2.66. The van der Waals surface area contributed by atoms with Crippen molar-refractivity contribution in [2.75, 3.05) is 7.11 Å². The van der Waals surface area contributed by atoms with Crippen LogP contribution in [0.5, 0.6) is 0 Å². The predicted octanol–water partition coefficient (Wildman–Crippen LogP) is 4.20. The fraction of sp³-hybridized carbons (Fsp3) is 0.174. The first-order valence-electron chi connectivity index (χ1n) is 8.67. The fourth-order valence-corrected chi connectivity index (χ4v) is 3.12. The van der Waals surface area contributed by atoms with Crippen LogP contribution in [0.15, 0.2) is 84.9 Å². The predicted molar refractivity (Wildman–Crippen MR) is 104 cm³/mol. The summed E-state index contributed by atoms with van der Waals surface area (Å²) in [6.45, 7) is 2.49. The smallest absolute Gasteiger partial charge is 0.261 e. The number of carbonyl (C=O) groups is 1. The Bertz CT molecular complexity index is 803. The maximum Gasteiger partial charge on any atom is 0.261 e. The molecule has 0 radical (unpaired) electrons. The second kappa shape index (κ2) is 7.98. The van der Waals surface area contributed by atoms with Gasteiger partial charge >= 0.3 is 0 Å². The van der Waals surface area contributed by atoms with Gasteiger partial charge in [-0.1, -0.05) is 90.5 Å². The average molecular weight is 345 g/mol. The van der Waals surface area contributed by atoms with E-state index in [1.807, 2.05) is 91.9 Å². The van der Waals surface area contributed by atoms with Crippen LogP contribution in [0.1, 0.15) is 22.3 Å². The molecule has 26 heavy (non-hydrogen) atoms. The molecular formula is C23H23NO2. The van der Waals surface area contributed by atoms with Gasteiger partial charge in [0.1, 0.15) is 0 Å². The maximum atomic E-state index is 13.3. The number of amides is 1. The van der Waals surface area contributed by atoms with Gasteiger partial charge in [0, 0.05) is 13.7 Å². The standard InChI is InChI=1S/C23H23NO2/c1-18-13-15-19(16-14-18)17-24-22(25)23(26-2,20-9-5-3-6-10-20)21-11-7-4-8-12-21/h3-16H,17H2,1-2H3,(H,24,25). The van der Waals surface area contributed by atoms with E-state index in [1.165, 1.54) is 5.56 Å². The molecule has 3 rings (SSSR count). The maximum absolute atomic E-state index is 13.3. The second-order valence-corrected chi connectivity index (χ2v) is 6.29. The number of nitrogens with one attached hydrogen (secondary N) is 1. The van der Waals surface area contributed by atoms with Crippen molar-refractivity contribution in [3.05, 3.63) is 107 Å². The minimum absolute atomic E-state index is 0.182. The van der Waals surface area contributed by atoms with Crippen LogP contribution in [-0.2, 0) is 21.7 Å². The van der Waals surface area contributed by atoms with Gasteiger partial charge in [-0.25, -0.2) is 0 Å². The number of benzene rings is 3. The molecule has 0 aromatic heterocycles. The van der Waals surface area contributed by atoms with E-state index < -0.39 is 5.60 Å². The van der Waals surface area contributed by atoms with Crippen molar-refractivity contribution in [1.82, 2.24) is 5.32 Å². The molecule has 0 atom stereocenters. The van der Waals surface area contributed by atoms with Crippen LogP contribution in [0.3, 0.4) is 0 Å². The van der Waals surface area contributed by atoms with Crippen LogP contribution < -0.4 is 5.32 Å². The van der Waals surface area contributed by atoms with E-state index >= 15 is 0 Å². The lowest BCUT2D eigenvalue weighted by Gasteiger charge is -2.32. The molecule has 0 aliphatic heterocycles. The third kappa shape index (κ3) is 3.53. The van der Waals surface area contributed by atoms with E-state index in [4.69, 9.17) is 4.74 Å². The summed E-state index contributed by atoms with van der Waals surface area (Å²) in [6, 6.07) is 27.3. The van der Waals surface area contributed by atoms with Crippen LogP contribution in [0.4, 0.5) is 0 Å². The highest BCUT2D eigenvalue weighted by atomic mass is 16.5. The topological polar surface area (TPSA) is 38.3 Å². The molecule has 3 heteroatoms. The zero-order valence-electron chi connectivity index (χ0n) is 15.1. The van der Waals surface area contributed by atoms with Gasteiger partial charge in [-0.05, 0) is 23.6 Å². The summed E-state index contributed by atoms with van der Waals surface area (Å²) in [5.74, 6) is -0.182. The summed E-state index contributed by atoms with van der Waals surface area (Å²) in [5, 5.41) is 3.04. The summed E-state index contributed by atoms with van der Waals surface area (Å²) >= 11 is 0. The summed E-state index contributed by atoms with van der Waals surface area (Å²) in [6.07, 6.45) is 0. The molecule has 132 valence electrons. The zero-order valence-corrected chi connectivity index (χ0v) is 15.1. The number of hydrogen-bond donors (Lipinski definition) is 1. The van der Waals surface area contributed by atoms with Crippen LogP contribution >= 0.6 is 0 Å². The van der Waals surface area contributed by atoms with Crippen molar-refractivity contribution in [3.63, 3.8) is 0 Å². The molecule has 3 aromatic carbocycles. The monoisotopic (exact) mass is 345 g/mol. The molecule has 0 saturated heterocycles. The molecule has 0 bridgehead atoms. The summed E-state index contributed by atoms with van der Waals surface area (Å²) in [7, 11) is 1.57. The second-order valence-electron chi connectivity index (χ2n) is 6.29. The van der Waals surface area contributed by atoms with Gasteiger partial charge in [-0.2, -0.15) is 0 Å². The van der Waals surface area contributed by atoms with E-state index in [0.29, 0.717) is 6.54 Å². The van der Waals surface area contributed by atoms with Gasteiger partial charge in [-0.15, -0.1) is 0 Å². The number of carbonyl (C=O) groups excluding carboxylic acids is 1. The first-order valence-corrected chi connectivity index (χ1v) is 8.67. The molecule has 0 aliphatic rings. The van der Waals surface area contributed by atoms with Crippen LogP contribution in [-0.4, -0.2) is 13.0 Å². The number of hydrogen-bond acceptors (Lipinski definition) is 2. The number of aryl methyl sites for hydroxylation is 1. The van der Waals surface area contributed by atoms with E-state index in [0.717, 1.165) is 16.7 Å². The van der Waals surface area contributed by atoms with Gasteiger partial charge in [0.25, 0.3) is 5.91 Å². The number of ether oxygens (including phenoxy) is 1. The van der Waals surface area contributed by atoms with E-state index in [1.54, 1.807) is 7.11 Å². The van der Waals surface area contributed by atoms with Crippen LogP contribution in [0.25, 0.3) is 0 Å². The molecule has 0 saturated carbocycles. The Labute approximate surface area is 154 Å². The minimum Gasteiger partial charge on any atom is -0.359 e. The van der Waals surface area contributed by atoms with Gasteiger partial charge in [0.15, 0.2) is 5.60 Å². The highest BCUT2D eigenvalue weighted by molar-refractivity contribution is 5.90. The van der Waals surface area contributed by atoms with E-state index in [2.05, 4.69) is 5.32 Å². The normalized spacial score (nSPS) is 11.2. The SMILES string of the molecule is COC(C(=O)NCc1ccc(C)cc1)(c1ccccc1)c1ccccc1. The molecule has 1 N–H and O–H groups in total. The molecule has 0 aliphatic carbocycles. The quantitative estimate of drug-likeness (QED) is 0.727. The fourth-order valence-electron chi connectivity index (χ4n) is 3.12. The lowest BCUT2D eigenvalue weighted by molar-refractivity contribution is -0.140. The van der Waals surface area contributed by atoms with Crippen molar-refractivity contribution in [3.8, 4) is 0 Å². The minimum atomic E-state index is -1.19. The Balaban J connectivity index is 1.95. The Kier molecular flexibility index (Phi) is 5.49. The highest BCUT2D eigenvalue weighted by Gasteiger charge is 2.42. The van der Waals surface area contributed by atoms with Crippen molar-refractivity contribution in [2.24, 2.45) is 0 Å². The van der Waals surface area contributed by atoms with Gasteiger partial charge < -0.3 is 10.1 Å². The summed E-state index contributed by atoms with van der Waals surface area (Å²) < 4.78 is 5.87. The van der Waals surface area contributed by atoms with Crippen molar-refractivity contribution in [2.45, 2.75) is 19.1 Å². The first kappa shape index (κ1) is 17.9. The van der Waals surface area contributed by atoms with Crippen molar-refractivity contribution in [1.29, 1.82) is 0 Å². The van der Waals surface area contributed by atoms with Gasteiger partial charge in [0.05, 0.1) is 0 Å². The van der Waals surface area contributed by atoms with E-state index in [-0.39, 0.29) is 5.91 Å². The Morgan fingerprint density at radius 1 is 0.846 bits per heavy atom. The van der Waals surface area contributed by atoms with Crippen LogP contribution in [0.2, 0.25) is 0 Å². The van der Waals surface area contributed by atoms with Gasteiger partial charge in [0.2, 0.25) is 0 Å². The molecule has 0 fully saturated rings. The Hall–Kier alpha value is -2.91. The zero-order chi connectivity index (χ0) is 18.4. The third-order valence-corrected chi connectivity index (χ3v) is 4.56.